The molecule has 6 rings (SSSR count). The second kappa shape index (κ2) is 12.0. The molecular formula is C32H34F2N8O. The number of aryl methyl sites for hydroxylation is 1. The fraction of sp³-hybridized carbons (Fsp3) is 0.312. The minimum Gasteiger partial charge on any atom is -0.392 e. The Morgan fingerprint density at radius 2 is 1.63 bits per heavy atom. The number of pyridine rings is 1. The van der Waals surface area contributed by atoms with Crippen molar-refractivity contribution >= 4 is 28.5 Å². The second-order valence-corrected chi connectivity index (χ2v) is 11.1. The van der Waals surface area contributed by atoms with E-state index >= 15 is 4.39 Å². The highest BCUT2D eigenvalue weighted by molar-refractivity contribution is 5.83. The standard InChI is InChI=1S/C32H34F2N8O/c1-20(2)42-21(3)37-31-26(33)14-24(15-28(31)42)30-27(34)17-36-32(39-30)38-29-9-6-23(16-35-29)18-40-10-12-41(13-11-40)25-7-4-22(19-43)5-8-25/h4-9,14-17,20,43H,10-13,18-19H2,1-3H3,(H,35,36,38,39). The quantitative estimate of drug-likeness (QED) is 0.243. The molecule has 0 spiro atoms. The smallest absolute Gasteiger partial charge is 0.229 e. The van der Waals surface area contributed by atoms with Crippen LogP contribution in [0.4, 0.5) is 26.2 Å². The molecule has 2 aromatic carbocycles. The van der Waals surface area contributed by atoms with Gasteiger partial charge in [0.1, 0.15) is 22.9 Å². The van der Waals surface area contributed by atoms with E-state index in [0.717, 1.165) is 50.0 Å². The van der Waals surface area contributed by atoms with Crippen molar-refractivity contribution < 1.29 is 13.9 Å². The number of aromatic nitrogens is 5. The minimum atomic E-state index is -0.651. The average molecular weight is 585 g/mol. The maximum absolute atomic E-state index is 15.0. The zero-order chi connectivity index (χ0) is 30.1. The summed E-state index contributed by atoms with van der Waals surface area (Å²) in [7, 11) is 0. The number of fused-ring (bicyclic) bond motifs is 1. The van der Waals surface area contributed by atoms with E-state index in [1.807, 2.05) is 55.8 Å². The van der Waals surface area contributed by atoms with Gasteiger partial charge in [-0.1, -0.05) is 18.2 Å². The van der Waals surface area contributed by atoms with Crippen LogP contribution in [0.25, 0.3) is 22.3 Å². The number of aliphatic hydroxyl groups excluding tert-OH is 1. The molecule has 0 radical (unpaired) electrons. The number of aliphatic hydroxyl groups is 1. The molecule has 1 aliphatic heterocycles. The zero-order valence-corrected chi connectivity index (χ0v) is 24.4. The molecular weight excluding hydrogens is 550 g/mol. The number of halogens is 2. The van der Waals surface area contributed by atoms with Crippen molar-refractivity contribution in [2.75, 3.05) is 36.4 Å². The van der Waals surface area contributed by atoms with Gasteiger partial charge in [0.2, 0.25) is 5.95 Å². The minimum absolute atomic E-state index is 0.00689. The van der Waals surface area contributed by atoms with Crippen LogP contribution in [0.15, 0.2) is 60.9 Å². The Morgan fingerprint density at radius 3 is 2.30 bits per heavy atom. The highest BCUT2D eigenvalue weighted by atomic mass is 19.1. The molecule has 4 heterocycles. The van der Waals surface area contributed by atoms with E-state index in [0.29, 0.717) is 22.7 Å². The van der Waals surface area contributed by atoms with Crippen LogP contribution in [-0.2, 0) is 13.2 Å². The van der Waals surface area contributed by atoms with Crippen LogP contribution >= 0.6 is 0 Å². The lowest BCUT2D eigenvalue weighted by atomic mass is 10.1. The van der Waals surface area contributed by atoms with Crippen molar-refractivity contribution in [1.29, 1.82) is 0 Å². The van der Waals surface area contributed by atoms with Crippen LogP contribution in [0.5, 0.6) is 0 Å². The van der Waals surface area contributed by atoms with E-state index in [4.69, 9.17) is 0 Å². The lowest BCUT2D eigenvalue weighted by Crippen LogP contribution is -2.45. The summed E-state index contributed by atoms with van der Waals surface area (Å²) in [6.45, 7) is 10.3. The number of anilines is 3. The molecule has 0 bridgehead atoms. The molecule has 3 aromatic heterocycles. The van der Waals surface area contributed by atoms with Crippen LogP contribution < -0.4 is 10.2 Å². The molecule has 5 aromatic rings. The Kier molecular flexibility index (Phi) is 8.00. The molecule has 11 heteroatoms. The number of nitrogens with zero attached hydrogens (tertiary/aromatic N) is 7. The Labute approximate surface area is 248 Å². The number of imidazole rings is 1. The van der Waals surface area contributed by atoms with Gasteiger partial charge in [-0.15, -0.1) is 0 Å². The van der Waals surface area contributed by atoms with Gasteiger partial charge < -0.3 is 19.9 Å². The predicted octanol–water partition coefficient (Wildman–Crippen LogP) is 5.61. The molecule has 0 atom stereocenters. The van der Waals surface area contributed by atoms with Gasteiger partial charge in [-0.2, -0.15) is 0 Å². The van der Waals surface area contributed by atoms with E-state index in [1.165, 1.54) is 11.8 Å². The number of hydrogen-bond donors (Lipinski definition) is 2. The molecule has 1 fully saturated rings. The third kappa shape index (κ3) is 6.04. The topological polar surface area (TPSA) is 95.2 Å². The van der Waals surface area contributed by atoms with Crippen LogP contribution in [-0.4, -0.2) is 60.7 Å². The van der Waals surface area contributed by atoms with Crippen LogP contribution in [0.1, 0.15) is 36.8 Å². The summed E-state index contributed by atoms with van der Waals surface area (Å²) in [6.07, 6.45) is 2.89. The number of benzene rings is 2. The Morgan fingerprint density at radius 1 is 0.884 bits per heavy atom. The molecule has 9 nitrogen and oxygen atoms in total. The molecule has 2 N–H and O–H groups in total. The van der Waals surface area contributed by atoms with E-state index in [9.17, 15) is 9.50 Å². The molecule has 1 saturated heterocycles. The zero-order valence-electron chi connectivity index (χ0n) is 24.4. The summed E-state index contributed by atoms with van der Waals surface area (Å²) < 4.78 is 31.8. The third-order valence-electron chi connectivity index (χ3n) is 7.79. The fourth-order valence-electron chi connectivity index (χ4n) is 5.63. The molecule has 0 amide bonds. The lowest BCUT2D eigenvalue weighted by Gasteiger charge is -2.36. The highest BCUT2D eigenvalue weighted by Crippen LogP contribution is 2.30. The van der Waals surface area contributed by atoms with Crippen LogP contribution in [0, 0.1) is 18.6 Å². The first-order chi connectivity index (χ1) is 20.8. The van der Waals surface area contributed by atoms with E-state index < -0.39 is 11.6 Å². The summed E-state index contributed by atoms with van der Waals surface area (Å²) >= 11 is 0. The lowest BCUT2D eigenvalue weighted by molar-refractivity contribution is 0.249. The first-order valence-corrected chi connectivity index (χ1v) is 14.4. The van der Waals surface area contributed by atoms with Crippen molar-refractivity contribution in [3.8, 4) is 11.3 Å². The monoisotopic (exact) mass is 584 g/mol. The first-order valence-electron chi connectivity index (χ1n) is 14.4. The van der Waals surface area contributed by atoms with Gasteiger partial charge in [0.15, 0.2) is 11.6 Å². The van der Waals surface area contributed by atoms with Crippen molar-refractivity contribution in [2.45, 2.75) is 40.0 Å². The van der Waals surface area contributed by atoms with Gasteiger partial charge in [-0.3, -0.25) is 4.90 Å². The molecule has 43 heavy (non-hydrogen) atoms. The summed E-state index contributed by atoms with van der Waals surface area (Å²) in [5, 5.41) is 12.3. The van der Waals surface area contributed by atoms with Crippen LogP contribution in [0.2, 0.25) is 0 Å². The summed E-state index contributed by atoms with van der Waals surface area (Å²) in [5.74, 6) is 0.190. The average Bonchev–Trinajstić information content (AvgIpc) is 3.36. The maximum atomic E-state index is 15.0. The molecule has 1 aliphatic rings. The van der Waals surface area contributed by atoms with Gasteiger partial charge in [0.25, 0.3) is 0 Å². The van der Waals surface area contributed by atoms with Gasteiger partial charge in [0.05, 0.1) is 18.3 Å². The molecule has 0 saturated carbocycles. The molecule has 0 unspecified atom stereocenters. The van der Waals surface area contributed by atoms with Gasteiger partial charge in [-0.25, -0.2) is 28.7 Å². The summed E-state index contributed by atoms with van der Waals surface area (Å²) in [5.41, 5.74) is 4.30. The number of nitrogens with one attached hydrogen (secondary N) is 1. The largest absolute Gasteiger partial charge is 0.392 e. The van der Waals surface area contributed by atoms with Gasteiger partial charge in [0, 0.05) is 56.2 Å². The van der Waals surface area contributed by atoms with Crippen LogP contribution in [0.3, 0.4) is 0 Å². The van der Waals surface area contributed by atoms with Crippen molar-refractivity contribution in [3.05, 3.63) is 89.5 Å². The Balaban J connectivity index is 1.12. The van der Waals surface area contributed by atoms with E-state index in [2.05, 4.69) is 47.2 Å². The number of hydrogen-bond acceptors (Lipinski definition) is 8. The summed E-state index contributed by atoms with van der Waals surface area (Å²) in [4.78, 5) is 22.1. The third-order valence-corrected chi connectivity index (χ3v) is 7.79. The van der Waals surface area contributed by atoms with Crippen molar-refractivity contribution in [2.24, 2.45) is 0 Å². The number of rotatable bonds is 8. The normalized spacial score (nSPS) is 14.2. The molecule has 222 valence electrons. The Bertz CT molecular complexity index is 1730. The van der Waals surface area contributed by atoms with E-state index in [1.54, 1.807) is 6.07 Å². The summed E-state index contributed by atoms with van der Waals surface area (Å²) in [6, 6.07) is 14.9. The number of piperazine rings is 1. The highest BCUT2D eigenvalue weighted by Gasteiger charge is 2.20. The van der Waals surface area contributed by atoms with Crippen molar-refractivity contribution in [3.63, 3.8) is 0 Å². The van der Waals surface area contributed by atoms with Crippen molar-refractivity contribution in [1.82, 2.24) is 29.4 Å². The first kappa shape index (κ1) is 28.6. The SMILES string of the molecule is Cc1nc2c(F)cc(-c3nc(Nc4ccc(CN5CCN(c6ccc(CO)cc6)CC5)cn4)ncc3F)cc2n1C(C)C. The fourth-order valence-corrected chi connectivity index (χ4v) is 5.63. The predicted molar refractivity (Wildman–Crippen MR) is 163 cm³/mol. The maximum Gasteiger partial charge on any atom is 0.229 e. The molecule has 0 aliphatic carbocycles. The van der Waals surface area contributed by atoms with Gasteiger partial charge in [-0.05, 0) is 62.2 Å². The van der Waals surface area contributed by atoms with E-state index in [-0.39, 0.29) is 29.8 Å². The van der Waals surface area contributed by atoms with Gasteiger partial charge >= 0.3 is 0 Å². The second-order valence-electron chi connectivity index (χ2n) is 11.1. The Hall–Kier alpha value is -4.48.